The molecule has 4 aromatic carbocycles. The van der Waals surface area contributed by atoms with Crippen LogP contribution in [0.5, 0.6) is 5.75 Å². The third-order valence-corrected chi connectivity index (χ3v) is 8.60. The van der Waals surface area contributed by atoms with E-state index in [1.807, 2.05) is 65.2 Å². The number of rotatable bonds is 13. The highest BCUT2D eigenvalue weighted by molar-refractivity contribution is 7.92. The lowest BCUT2D eigenvalue weighted by Gasteiger charge is -2.17. The first-order valence-corrected chi connectivity index (χ1v) is 16.6. The van der Waals surface area contributed by atoms with Crippen LogP contribution in [0.25, 0.3) is 28.1 Å². The smallest absolute Gasteiger partial charge is 0.417 e. The number of nitrogens with one attached hydrogen (secondary N) is 1. The van der Waals surface area contributed by atoms with E-state index in [0.29, 0.717) is 36.1 Å². The number of hydrogen-bond donors (Lipinski definition) is 1. The van der Waals surface area contributed by atoms with E-state index in [2.05, 4.69) is 4.72 Å². The van der Waals surface area contributed by atoms with Crippen molar-refractivity contribution in [1.82, 2.24) is 9.55 Å². The first kappa shape index (κ1) is 33.5. The number of esters is 1. The Labute approximate surface area is 271 Å². The summed E-state index contributed by atoms with van der Waals surface area (Å²) >= 11 is 0. The Morgan fingerprint density at radius 3 is 2.23 bits per heavy atom. The molecule has 0 atom stereocenters. The lowest BCUT2D eigenvalue weighted by molar-refractivity contribution is -0.147. The van der Waals surface area contributed by atoms with E-state index in [1.54, 1.807) is 19.9 Å². The maximum absolute atomic E-state index is 13.8. The normalized spacial score (nSPS) is 12.0. The van der Waals surface area contributed by atoms with Crippen LogP contribution < -0.4 is 9.46 Å². The van der Waals surface area contributed by atoms with Crippen molar-refractivity contribution in [2.45, 2.75) is 56.7 Å². The van der Waals surface area contributed by atoms with Crippen molar-refractivity contribution in [1.29, 1.82) is 0 Å². The molecule has 0 aliphatic rings. The SMILES string of the molecule is CC(C)OC(=O)CCCCCOc1cc2c(cc1NS(=O)(=O)c1ccccc1C(F)(F)F)nc(-c1ccccc1)n2-c1ccccc1. The van der Waals surface area contributed by atoms with E-state index in [1.165, 1.54) is 12.1 Å². The van der Waals surface area contributed by atoms with Crippen LogP contribution in [0.1, 0.15) is 45.1 Å². The van der Waals surface area contributed by atoms with Crippen molar-refractivity contribution in [3.8, 4) is 22.8 Å². The summed E-state index contributed by atoms with van der Waals surface area (Å²) < 4.78 is 83.9. The number of carbonyl (C=O) groups excluding carboxylic acids is 1. The molecular weight excluding hydrogens is 631 g/mol. The minimum Gasteiger partial charge on any atom is -0.491 e. The third kappa shape index (κ3) is 8.12. The Morgan fingerprint density at radius 1 is 0.894 bits per heavy atom. The van der Waals surface area contributed by atoms with Gasteiger partial charge in [-0.05, 0) is 63.4 Å². The number of para-hydroxylation sites is 1. The molecule has 0 bridgehead atoms. The van der Waals surface area contributed by atoms with E-state index >= 15 is 0 Å². The van der Waals surface area contributed by atoms with E-state index in [0.717, 1.165) is 29.4 Å². The number of anilines is 1. The quantitative estimate of drug-likeness (QED) is 0.100. The number of nitrogens with zero attached hydrogens (tertiary/aromatic N) is 2. The first-order chi connectivity index (χ1) is 22.4. The lowest BCUT2D eigenvalue weighted by Crippen LogP contribution is -2.19. The molecule has 5 aromatic rings. The molecule has 0 saturated heterocycles. The Balaban J connectivity index is 1.54. The molecule has 1 heterocycles. The van der Waals surface area contributed by atoms with Crippen LogP contribution in [0.2, 0.25) is 0 Å². The summed E-state index contributed by atoms with van der Waals surface area (Å²) in [6.07, 6.45) is -3.10. The average molecular weight is 666 g/mol. The standard InChI is InChI=1S/C35H34F3N3O5S/c1-24(2)46-33(42)20-10-5-13-21-45-31-23-30-28(22-29(31)40-47(43,44)32-19-12-11-18-27(32)35(36,37)38)39-34(25-14-6-3-7-15-25)41(30)26-16-8-4-9-17-26/h3-4,6-9,11-12,14-19,22-24,40H,5,10,13,20-21H2,1-2H3. The topological polar surface area (TPSA) is 99.5 Å². The number of carbonyl (C=O) groups is 1. The Morgan fingerprint density at radius 2 is 1.55 bits per heavy atom. The van der Waals surface area contributed by atoms with Crippen LogP contribution >= 0.6 is 0 Å². The molecule has 0 radical (unpaired) electrons. The number of unbranched alkanes of at least 4 members (excludes halogenated alkanes) is 2. The van der Waals surface area contributed by atoms with E-state index in [4.69, 9.17) is 14.5 Å². The predicted molar refractivity (Wildman–Crippen MR) is 174 cm³/mol. The van der Waals surface area contributed by atoms with Crippen LogP contribution in [-0.4, -0.2) is 36.6 Å². The fraction of sp³-hybridized carbons (Fsp3) is 0.257. The van der Waals surface area contributed by atoms with Crippen molar-refractivity contribution < 1.29 is 35.9 Å². The molecule has 0 aliphatic heterocycles. The maximum atomic E-state index is 13.8. The summed E-state index contributed by atoms with van der Waals surface area (Å²) in [5, 5.41) is 0. The van der Waals surface area contributed by atoms with Gasteiger partial charge in [-0.2, -0.15) is 13.2 Å². The second-order valence-electron chi connectivity index (χ2n) is 11.1. The van der Waals surface area contributed by atoms with Crippen molar-refractivity contribution in [2.24, 2.45) is 0 Å². The summed E-state index contributed by atoms with van der Waals surface area (Å²) in [4.78, 5) is 15.8. The van der Waals surface area contributed by atoms with Gasteiger partial charge in [-0.3, -0.25) is 14.1 Å². The predicted octanol–water partition coefficient (Wildman–Crippen LogP) is 8.40. The number of hydrogen-bond acceptors (Lipinski definition) is 6. The van der Waals surface area contributed by atoms with Gasteiger partial charge in [0.05, 0.1) is 39.9 Å². The number of alkyl halides is 3. The molecule has 0 saturated carbocycles. The van der Waals surface area contributed by atoms with Crippen molar-refractivity contribution >= 4 is 32.7 Å². The number of aromatic nitrogens is 2. The summed E-state index contributed by atoms with van der Waals surface area (Å²) in [7, 11) is -4.72. The number of imidazole rings is 1. The molecule has 5 rings (SSSR count). The molecule has 0 amide bonds. The van der Waals surface area contributed by atoms with Gasteiger partial charge in [0, 0.05) is 23.7 Å². The monoisotopic (exact) mass is 665 g/mol. The number of halogens is 3. The molecule has 0 spiro atoms. The fourth-order valence-electron chi connectivity index (χ4n) is 5.11. The first-order valence-electron chi connectivity index (χ1n) is 15.1. The zero-order chi connectivity index (χ0) is 33.6. The minimum atomic E-state index is -4.89. The van der Waals surface area contributed by atoms with Crippen LogP contribution in [0.3, 0.4) is 0 Å². The highest BCUT2D eigenvalue weighted by Gasteiger charge is 2.37. The summed E-state index contributed by atoms with van der Waals surface area (Å²) in [5.41, 5.74) is 1.23. The van der Waals surface area contributed by atoms with Crippen molar-refractivity contribution in [2.75, 3.05) is 11.3 Å². The molecule has 0 unspecified atom stereocenters. The van der Waals surface area contributed by atoms with Gasteiger partial charge in [0.15, 0.2) is 0 Å². The van der Waals surface area contributed by atoms with Gasteiger partial charge in [-0.15, -0.1) is 0 Å². The van der Waals surface area contributed by atoms with Gasteiger partial charge in [-0.1, -0.05) is 60.7 Å². The number of ether oxygens (including phenoxy) is 2. The zero-order valence-corrected chi connectivity index (χ0v) is 26.6. The van der Waals surface area contributed by atoms with E-state index in [9.17, 15) is 26.4 Å². The highest BCUT2D eigenvalue weighted by atomic mass is 32.2. The molecule has 12 heteroatoms. The highest BCUT2D eigenvalue weighted by Crippen LogP contribution is 2.38. The van der Waals surface area contributed by atoms with Crippen LogP contribution in [0.4, 0.5) is 18.9 Å². The van der Waals surface area contributed by atoms with Crippen LogP contribution in [-0.2, 0) is 25.7 Å². The zero-order valence-electron chi connectivity index (χ0n) is 25.8. The van der Waals surface area contributed by atoms with Crippen LogP contribution in [0.15, 0.2) is 102 Å². The van der Waals surface area contributed by atoms with Crippen molar-refractivity contribution in [3.63, 3.8) is 0 Å². The maximum Gasteiger partial charge on any atom is 0.417 e. The van der Waals surface area contributed by atoms with Crippen LogP contribution in [0, 0.1) is 0 Å². The van der Waals surface area contributed by atoms with Gasteiger partial charge >= 0.3 is 12.1 Å². The van der Waals surface area contributed by atoms with Gasteiger partial charge < -0.3 is 9.47 Å². The van der Waals surface area contributed by atoms with Gasteiger partial charge in [0.2, 0.25) is 0 Å². The summed E-state index contributed by atoms with van der Waals surface area (Å²) in [5.74, 6) is 0.403. The Kier molecular flexibility index (Phi) is 10.2. The van der Waals surface area contributed by atoms with Gasteiger partial charge in [0.1, 0.15) is 11.6 Å². The molecule has 0 aliphatic carbocycles. The minimum absolute atomic E-state index is 0.0627. The molecule has 8 nitrogen and oxygen atoms in total. The fourth-order valence-corrected chi connectivity index (χ4v) is 6.40. The number of fused-ring (bicyclic) bond motifs is 1. The largest absolute Gasteiger partial charge is 0.491 e. The van der Waals surface area contributed by atoms with Gasteiger partial charge in [-0.25, -0.2) is 13.4 Å². The van der Waals surface area contributed by atoms with E-state index in [-0.39, 0.29) is 36.5 Å². The van der Waals surface area contributed by atoms with Crippen molar-refractivity contribution in [3.05, 3.63) is 103 Å². The Bertz CT molecular complexity index is 1940. The lowest BCUT2D eigenvalue weighted by atomic mass is 10.2. The molecular formula is C35H34F3N3O5S. The molecule has 1 aromatic heterocycles. The summed E-state index contributed by atoms with van der Waals surface area (Å²) in [6.45, 7) is 3.72. The average Bonchev–Trinajstić information content (AvgIpc) is 3.41. The van der Waals surface area contributed by atoms with E-state index < -0.39 is 26.7 Å². The molecule has 0 fully saturated rings. The molecule has 246 valence electrons. The summed E-state index contributed by atoms with van der Waals surface area (Å²) in [6, 6.07) is 26.0. The second kappa shape index (κ2) is 14.3. The number of sulfonamides is 1. The van der Waals surface area contributed by atoms with Gasteiger partial charge in [0.25, 0.3) is 10.0 Å². The Hall–Kier alpha value is -4.84. The molecule has 47 heavy (non-hydrogen) atoms. The number of benzene rings is 4. The second-order valence-corrected chi connectivity index (χ2v) is 12.8. The third-order valence-electron chi connectivity index (χ3n) is 7.18. The molecule has 1 N–H and O–H groups in total.